The minimum absolute atomic E-state index is 0.162. The minimum atomic E-state index is -3.45. The monoisotopic (exact) mass is 358 g/mol. The molecular weight excluding hydrogens is 340 g/mol. The summed E-state index contributed by atoms with van der Waals surface area (Å²) in [7, 11) is -1.72. The van der Waals surface area contributed by atoms with Gasteiger partial charge in [0.05, 0.1) is 5.69 Å². The van der Waals surface area contributed by atoms with Gasteiger partial charge in [-0.05, 0) is 25.0 Å². The Morgan fingerprint density at radius 2 is 1.84 bits per heavy atom. The predicted molar refractivity (Wildman–Crippen MR) is 90.7 cm³/mol. The molecule has 2 heterocycles. The van der Waals surface area contributed by atoms with E-state index >= 15 is 0 Å². The Morgan fingerprint density at radius 1 is 1.12 bits per heavy atom. The van der Waals surface area contributed by atoms with Gasteiger partial charge in [-0.25, -0.2) is 23.1 Å². The number of hydrogen-bond acceptors (Lipinski definition) is 6. The lowest BCUT2D eigenvalue weighted by atomic mass is 10.3. The van der Waals surface area contributed by atoms with Crippen molar-refractivity contribution in [3.63, 3.8) is 0 Å². The molecule has 1 aromatic carbocycles. The molecule has 25 heavy (non-hydrogen) atoms. The van der Waals surface area contributed by atoms with Crippen LogP contribution in [0.1, 0.15) is 36.2 Å². The van der Waals surface area contributed by atoms with E-state index in [0.717, 1.165) is 24.4 Å². The molecule has 1 saturated carbocycles. The van der Waals surface area contributed by atoms with Crippen molar-refractivity contribution in [1.29, 1.82) is 0 Å². The number of aromatic nitrogens is 6. The van der Waals surface area contributed by atoms with E-state index in [-0.39, 0.29) is 11.5 Å². The van der Waals surface area contributed by atoms with Crippen molar-refractivity contribution in [2.45, 2.75) is 30.3 Å². The highest BCUT2D eigenvalue weighted by Crippen LogP contribution is 2.38. The van der Waals surface area contributed by atoms with Gasteiger partial charge in [-0.15, -0.1) is 0 Å². The summed E-state index contributed by atoms with van der Waals surface area (Å²) in [5.41, 5.74) is 0.778. The van der Waals surface area contributed by atoms with Gasteiger partial charge in [0.1, 0.15) is 29.5 Å². The lowest BCUT2D eigenvalue weighted by molar-refractivity contribution is 0.587. The zero-order valence-electron chi connectivity index (χ0n) is 13.8. The lowest BCUT2D eigenvalue weighted by Crippen LogP contribution is -2.15. The molecule has 1 aliphatic rings. The molecule has 1 aliphatic carbocycles. The molecule has 0 bridgehead atoms. The summed E-state index contributed by atoms with van der Waals surface area (Å²) < 4.78 is 28.4. The van der Waals surface area contributed by atoms with Crippen LogP contribution in [-0.4, -0.2) is 37.9 Å². The van der Waals surface area contributed by atoms with Crippen LogP contribution in [0.25, 0.3) is 5.69 Å². The van der Waals surface area contributed by atoms with E-state index in [1.54, 1.807) is 16.4 Å². The van der Waals surface area contributed by atoms with Crippen LogP contribution in [0.4, 0.5) is 0 Å². The smallest absolute Gasteiger partial charge is 0.164 e. The van der Waals surface area contributed by atoms with Gasteiger partial charge in [-0.1, -0.05) is 18.2 Å². The van der Waals surface area contributed by atoms with E-state index in [2.05, 4.69) is 20.2 Å². The van der Waals surface area contributed by atoms with Crippen LogP contribution in [0, 0.1) is 0 Å². The average molecular weight is 358 g/mol. The van der Waals surface area contributed by atoms with Crippen molar-refractivity contribution in [3.8, 4) is 5.69 Å². The molecule has 0 aliphatic heterocycles. The number of nitrogens with zero attached hydrogens (tertiary/aromatic N) is 6. The fraction of sp³-hybridized carbons (Fsp3) is 0.375. The van der Waals surface area contributed by atoms with Crippen LogP contribution < -0.4 is 0 Å². The summed E-state index contributed by atoms with van der Waals surface area (Å²) in [4.78, 5) is 8.51. The lowest BCUT2D eigenvalue weighted by Gasteiger charge is -2.06. The van der Waals surface area contributed by atoms with Gasteiger partial charge in [-0.2, -0.15) is 10.2 Å². The largest absolute Gasteiger partial charge is 0.252 e. The number of aryl methyl sites for hydroxylation is 1. The van der Waals surface area contributed by atoms with Crippen LogP contribution in [0.15, 0.2) is 36.7 Å². The molecule has 0 saturated heterocycles. The summed E-state index contributed by atoms with van der Waals surface area (Å²) in [6, 6.07) is 9.34. The maximum atomic E-state index is 12.6. The van der Waals surface area contributed by atoms with Crippen LogP contribution >= 0.6 is 0 Å². The second kappa shape index (κ2) is 6.07. The van der Waals surface area contributed by atoms with E-state index in [0.29, 0.717) is 17.6 Å². The van der Waals surface area contributed by atoms with Crippen molar-refractivity contribution in [2.24, 2.45) is 7.05 Å². The third kappa shape index (κ3) is 3.46. The minimum Gasteiger partial charge on any atom is -0.252 e. The molecule has 1 fully saturated rings. The summed E-state index contributed by atoms with van der Waals surface area (Å²) in [6.07, 6.45) is 3.53. The number of hydrogen-bond donors (Lipinski definition) is 0. The third-order valence-corrected chi connectivity index (χ3v) is 5.53. The molecule has 0 atom stereocenters. The highest BCUT2D eigenvalue weighted by Gasteiger charge is 2.29. The molecule has 0 unspecified atom stereocenters. The fourth-order valence-corrected chi connectivity index (χ4v) is 4.01. The van der Waals surface area contributed by atoms with E-state index in [1.165, 1.54) is 6.33 Å². The number of para-hydroxylation sites is 1. The molecule has 3 aromatic rings. The van der Waals surface area contributed by atoms with Crippen LogP contribution in [0.5, 0.6) is 0 Å². The highest BCUT2D eigenvalue weighted by molar-refractivity contribution is 7.89. The molecule has 4 rings (SSSR count). The van der Waals surface area contributed by atoms with E-state index in [1.807, 2.05) is 30.3 Å². The maximum Gasteiger partial charge on any atom is 0.164 e. The first kappa shape index (κ1) is 15.9. The molecule has 0 N–H and O–H groups in total. The molecule has 2 aromatic heterocycles. The summed E-state index contributed by atoms with van der Waals surface area (Å²) in [5, 5.41) is 8.47. The first-order chi connectivity index (χ1) is 12.0. The predicted octanol–water partition coefficient (Wildman–Crippen LogP) is 1.39. The number of benzene rings is 1. The van der Waals surface area contributed by atoms with Gasteiger partial charge in [0, 0.05) is 13.0 Å². The van der Waals surface area contributed by atoms with Crippen molar-refractivity contribution in [1.82, 2.24) is 29.5 Å². The zero-order chi connectivity index (χ0) is 17.4. The quantitative estimate of drug-likeness (QED) is 0.661. The SMILES string of the molecule is Cn1nc(C2CC2)nc1CS(=O)(=O)Cc1ncnn1-c1ccccc1. The zero-order valence-corrected chi connectivity index (χ0v) is 14.6. The molecular formula is C16H18N6O2S. The van der Waals surface area contributed by atoms with Gasteiger partial charge in [0.2, 0.25) is 0 Å². The second-order valence-corrected chi connectivity index (χ2v) is 8.30. The van der Waals surface area contributed by atoms with Crippen molar-refractivity contribution in [3.05, 3.63) is 54.1 Å². The number of rotatable bonds is 6. The van der Waals surface area contributed by atoms with Crippen LogP contribution in [0.2, 0.25) is 0 Å². The number of sulfone groups is 1. The van der Waals surface area contributed by atoms with Gasteiger partial charge >= 0.3 is 0 Å². The van der Waals surface area contributed by atoms with Crippen LogP contribution in [0.3, 0.4) is 0 Å². The maximum absolute atomic E-state index is 12.6. The van der Waals surface area contributed by atoms with Crippen molar-refractivity contribution < 1.29 is 8.42 Å². The first-order valence-electron chi connectivity index (χ1n) is 8.06. The second-order valence-electron chi connectivity index (χ2n) is 6.24. The Kier molecular flexibility index (Phi) is 3.87. The van der Waals surface area contributed by atoms with Gasteiger partial charge < -0.3 is 0 Å². The van der Waals surface area contributed by atoms with E-state index in [9.17, 15) is 8.42 Å². The van der Waals surface area contributed by atoms with Crippen molar-refractivity contribution in [2.75, 3.05) is 0 Å². The normalized spacial score (nSPS) is 14.8. The summed E-state index contributed by atoms with van der Waals surface area (Å²) in [6.45, 7) is 0. The summed E-state index contributed by atoms with van der Waals surface area (Å²) in [5.74, 6) is 1.63. The highest BCUT2D eigenvalue weighted by atomic mass is 32.2. The van der Waals surface area contributed by atoms with Crippen LogP contribution in [-0.2, 0) is 28.4 Å². The van der Waals surface area contributed by atoms with Gasteiger partial charge in [0.25, 0.3) is 0 Å². The molecule has 0 radical (unpaired) electrons. The molecule has 0 amide bonds. The van der Waals surface area contributed by atoms with E-state index < -0.39 is 9.84 Å². The topological polar surface area (TPSA) is 95.6 Å². The Labute approximate surface area is 145 Å². The standard InChI is InChI=1S/C16H18N6O2S/c1-21-15(19-16(20-21)12-7-8-12)10-25(23,24)9-14-17-11-18-22(14)13-5-3-2-4-6-13/h2-6,11-12H,7-10H2,1H3. The Morgan fingerprint density at radius 3 is 2.56 bits per heavy atom. The Balaban J connectivity index is 1.55. The fourth-order valence-electron chi connectivity index (χ4n) is 2.67. The molecule has 130 valence electrons. The van der Waals surface area contributed by atoms with Gasteiger partial charge in [0.15, 0.2) is 15.7 Å². The van der Waals surface area contributed by atoms with Crippen molar-refractivity contribution >= 4 is 9.84 Å². The first-order valence-corrected chi connectivity index (χ1v) is 9.88. The summed E-state index contributed by atoms with van der Waals surface area (Å²) >= 11 is 0. The molecule has 8 nitrogen and oxygen atoms in total. The van der Waals surface area contributed by atoms with E-state index in [4.69, 9.17) is 0 Å². The Hall–Kier alpha value is -2.55. The Bertz CT molecular complexity index is 989. The average Bonchev–Trinajstić information content (AvgIpc) is 3.24. The molecule has 9 heteroatoms. The third-order valence-electron chi connectivity index (χ3n) is 4.13. The van der Waals surface area contributed by atoms with Gasteiger partial charge in [-0.3, -0.25) is 4.68 Å². The molecule has 0 spiro atoms.